The number of aromatic nitrogens is 1. The smallest absolute Gasteiger partial charge is 0.249 e. The molecule has 0 unspecified atom stereocenters. The minimum absolute atomic E-state index is 0.301. The lowest BCUT2D eigenvalue weighted by Crippen LogP contribution is -2.31. The molecule has 0 saturated heterocycles. The largest absolute Gasteiger partial charge is 0.493 e. The lowest BCUT2D eigenvalue weighted by Gasteiger charge is -2.15. The number of rotatable bonds is 10. The van der Waals surface area contributed by atoms with E-state index in [0.717, 1.165) is 28.2 Å². The van der Waals surface area contributed by atoms with Crippen LogP contribution in [0.3, 0.4) is 0 Å². The van der Waals surface area contributed by atoms with Gasteiger partial charge in [0.25, 0.3) is 0 Å². The fourth-order valence-corrected chi connectivity index (χ4v) is 4.22. The summed E-state index contributed by atoms with van der Waals surface area (Å²) in [5.41, 5.74) is 9.96. The Morgan fingerprint density at radius 2 is 1.64 bits per heavy atom. The first-order chi connectivity index (χ1) is 17.2. The van der Waals surface area contributed by atoms with Gasteiger partial charge in [-0.05, 0) is 69.0 Å². The fourth-order valence-electron chi connectivity index (χ4n) is 4.22. The molecule has 3 rings (SSSR count). The van der Waals surface area contributed by atoms with Crippen LogP contribution in [0.5, 0.6) is 11.5 Å². The Morgan fingerprint density at radius 1 is 0.944 bits per heavy atom. The van der Waals surface area contributed by atoms with Gasteiger partial charge in [0, 0.05) is 23.5 Å². The van der Waals surface area contributed by atoms with Crippen molar-refractivity contribution in [2.75, 3.05) is 20.8 Å². The highest BCUT2D eigenvalue weighted by atomic mass is 16.5. The Bertz CT molecular complexity index is 1260. The van der Waals surface area contributed by atoms with Crippen molar-refractivity contribution in [1.82, 2.24) is 15.3 Å². The number of para-hydroxylation sites is 1. The summed E-state index contributed by atoms with van der Waals surface area (Å²) >= 11 is 0. The Morgan fingerprint density at radius 3 is 2.31 bits per heavy atom. The summed E-state index contributed by atoms with van der Waals surface area (Å²) in [6.07, 6.45) is 1.91. The molecule has 8 nitrogen and oxygen atoms in total. The van der Waals surface area contributed by atoms with Crippen LogP contribution in [0.1, 0.15) is 40.1 Å². The van der Waals surface area contributed by atoms with Gasteiger partial charge in [0.05, 0.1) is 26.1 Å². The molecular formula is C28H34N4O4. The highest BCUT2D eigenvalue weighted by Crippen LogP contribution is 2.28. The third-order valence-corrected chi connectivity index (χ3v) is 6.03. The van der Waals surface area contributed by atoms with E-state index in [9.17, 15) is 9.59 Å². The quantitative estimate of drug-likeness (QED) is 0.256. The van der Waals surface area contributed by atoms with Gasteiger partial charge in [0.15, 0.2) is 11.5 Å². The number of hydrogen-bond donors (Lipinski definition) is 2. The van der Waals surface area contributed by atoms with Gasteiger partial charge in [-0.3, -0.25) is 9.59 Å². The van der Waals surface area contributed by atoms with Crippen molar-refractivity contribution in [2.24, 2.45) is 5.10 Å². The summed E-state index contributed by atoms with van der Waals surface area (Å²) in [6.45, 7) is 8.65. The van der Waals surface area contributed by atoms with E-state index in [0.29, 0.717) is 24.5 Å². The Hall–Kier alpha value is -4.07. The van der Waals surface area contributed by atoms with Crippen LogP contribution in [0.15, 0.2) is 47.6 Å². The monoisotopic (exact) mass is 490 g/mol. The predicted molar refractivity (Wildman–Crippen MR) is 141 cm³/mol. The highest BCUT2D eigenvalue weighted by Gasteiger charge is 2.14. The van der Waals surface area contributed by atoms with Crippen LogP contribution in [0.25, 0.3) is 5.69 Å². The maximum absolute atomic E-state index is 12.2. The molecule has 36 heavy (non-hydrogen) atoms. The molecule has 0 bridgehead atoms. The minimum Gasteiger partial charge on any atom is -0.493 e. The van der Waals surface area contributed by atoms with Crippen molar-refractivity contribution in [3.8, 4) is 17.2 Å². The molecule has 2 amide bonds. The summed E-state index contributed by atoms with van der Waals surface area (Å²) in [4.78, 5) is 24.3. The van der Waals surface area contributed by atoms with Crippen molar-refractivity contribution in [2.45, 2.75) is 40.5 Å². The van der Waals surface area contributed by atoms with Gasteiger partial charge in [-0.2, -0.15) is 5.10 Å². The average molecular weight is 491 g/mol. The van der Waals surface area contributed by atoms with Gasteiger partial charge < -0.3 is 19.4 Å². The third-order valence-electron chi connectivity index (χ3n) is 6.03. The zero-order valence-corrected chi connectivity index (χ0v) is 21.8. The molecule has 1 heterocycles. The average Bonchev–Trinajstić information content (AvgIpc) is 3.11. The molecule has 1 aromatic heterocycles. The number of nitrogens with zero attached hydrogens (tertiary/aromatic N) is 2. The first-order valence-corrected chi connectivity index (χ1v) is 11.8. The molecule has 0 atom stereocenters. The van der Waals surface area contributed by atoms with Gasteiger partial charge in [0.1, 0.15) is 6.42 Å². The summed E-state index contributed by atoms with van der Waals surface area (Å²) < 4.78 is 12.7. The Kier molecular flexibility index (Phi) is 8.89. The normalized spacial score (nSPS) is 10.9. The molecule has 0 fully saturated rings. The summed E-state index contributed by atoms with van der Waals surface area (Å²) in [6, 6.07) is 13.9. The van der Waals surface area contributed by atoms with Crippen molar-refractivity contribution in [3.05, 3.63) is 76.1 Å². The van der Waals surface area contributed by atoms with E-state index in [-0.39, 0.29) is 12.3 Å². The number of carbonyl (C=O) groups is 2. The first-order valence-electron chi connectivity index (χ1n) is 11.8. The van der Waals surface area contributed by atoms with E-state index in [1.807, 2.05) is 44.2 Å². The third kappa shape index (κ3) is 6.33. The predicted octanol–water partition coefficient (Wildman–Crippen LogP) is 3.93. The van der Waals surface area contributed by atoms with Crippen LogP contribution in [0.4, 0.5) is 0 Å². The molecular weight excluding hydrogens is 456 g/mol. The Labute approximate surface area is 212 Å². The molecule has 190 valence electrons. The molecule has 0 saturated carbocycles. The van der Waals surface area contributed by atoms with E-state index >= 15 is 0 Å². The van der Waals surface area contributed by atoms with Crippen LogP contribution in [-0.4, -0.2) is 43.4 Å². The molecule has 3 aromatic rings. The highest BCUT2D eigenvalue weighted by molar-refractivity contribution is 5.97. The molecule has 2 aromatic carbocycles. The molecule has 0 radical (unpaired) electrons. The molecule has 0 aliphatic rings. The maximum Gasteiger partial charge on any atom is 0.249 e. The number of benzene rings is 2. The SMILES string of the molecule is COc1ccc(CCNC(=O)CC(=O)N/N=C/c2cc(C)n(-c3c(C)cccc3C)c2C)cc1OC. The van der Waals surface area contributed by atoms with Gasteiger partial charge in [-0.15, -0.1) is 0 Å². The number of hydrogen-bond acceptors (Lipinski definition) is 5. The maximum atomic E-state index is 12.2. The number of carbonyl (C=O) groups excluding carboxylic acids is 2. The van der Waals surface area contributed by atoms with Crippen LogP contribution in [0, 0.1) is 27.7 Å². The number of amides is 2. The molecule has 8 heteroatoms. The van der Waals surface area contributed by atoms with E-state index < -0.39 is 5.91 Å². The summed E-state index contributed by atoms with van der Waals surface area (Å²) in [7, 11) is 3.16. The van der Waals surface area contributed by atoms with Gasteiger partial charge in [-0.1, -0.05) is 24.3 Å². The van der Waals surface area contributed by atoms with E-state index in [1.54, 1.807) is 20.4 Å². The number of ether oxygens (including phenoxy) is 2. The van der Waals surface area contributed by atoms with Crippen LogP contribution in [-0.2, 0) is 16.0 Å². The second-order valence-electron chi connectivity index (χ2n) is 8.66. The second-order valence-corrected chi connectivity index (χ2v) is 8.66. The molecule has 0 aliphatic heterocycles. The first kappa shape index (κ1) is 26.5. The number of nitrogens with one attached hydrogen (secondary N) is 2. The lowest BCUT2D eigenvalue weighted by molar-refractivity contribution is -0.129. The van der Waals surface area contributed by atoms with Crippen molar-refractivity contribution >= 4 is 18.0 Å². The zero-order valence-electron chi connectivity index (χ0n) is 21.8. The summed E-state index contributed by atoms with van der Waals surface area (Å²) in [5.74, 6) is 0.443. The second kappa shape index (κ2) is 12.1. The Balaban J connectivity index is 1.51. The van der Waals surface area contributed by atoms with Gasteiger partial charge in [-0.25, -0.2) is 5.43 Å². The zero-order chi connectivity index (χ0) is 26.2. The standard InChI is InChI=1S/C28H34N4O4/c1-18-8-7-9-19(2)28(18)32-20(3)14-23(21(32)4)17-30-31-27(34)16-26(33)29-13-12-22-10-11-24(35-5)25(15-22)36-6/h7-11,14-15,17H,12-13,16H2,1-6H3,(H,29,33)(H,31,34)/b30-17+. The number of hydrazone groups is 1. The van der Waals surface area contributed by atoms with E-state index in [1.165, 1.54) is 11.1 Å². The molecule has 2 N–H and O–H groups in total. The van der Waals surface area contributed by atoms with Crippen LogP contribution < -0.4 is 20.2 Å². The van der Waals surface area contributed by atoms with Crippen molar-refractivity contribution in [3.63, 3.8) is 0 Å². The minimum atomic E-state index is -0.474. The van der Waals surface area contributed by atoms with Crippen molar-refractivity contribution < 1.29 is 19.1 Å². The van der Waals surface area contributed by atoms with E-state index in [4.69, 9.17) is 9.47 Å². The van der Waals surface area contributed by atoms with E-state index in [2.05, 4.69) is 46.4 Å². The summed E-state index contributed by atoms with van der Waals surface area (Å²) in [5, 5.41) is 6.83. The van der Waals surface area contributed by atoms with Crippen LogP contribution in [0.2, 0.25) is 0 Å². The number of aryl methyl sites for hydroxylation is 3. The molecule has 0 spiro atoms. The van der Waals surface area contributed by atoms with Crippen molar-refractivity contribution in [1.29, 1.82) is 0 Å². The molecule has 0 aliphatic carbocycles. The lowest BCUT2D eigenvalue weighted by atomic mass is 10.1. The van der Waals surface area contributed by atoms with Gasteiger partial charge >= 0.3 is 0 Å². The fraction of sp³-hybridized carbons (Fsp3) is 0.321. The van der Waals surface area contributed by atoms with Gasteiger partial charge in [0.2, 0.25) is 11.8 Å². The topological polar surface area (TPSA) is 94.0 Å². The van der Waals surface area contributed by atoms with Crippen LogP contribution >= 0.6 is 0 Å². The number of methoxy groups -OCH3 is 2.